The number of aryl methyl sites for hydroxylation is 1. The summed E-state index contributed by atoms with van der Waals surface area (Å²) in [5, 5.41) is 10.7. The molecule has 1 N–H and O–H groups in total. The second kappa shape index (κ2) is 7.38. The third kappa shape index (κ3) is 3.82. The zero-order chi connectivity index (χ0) is 20.5. The molecule has 0 saturated carbocycles. The predicted octanol–water partition coefficient (Wildman–Crippen LogP) is 3.61. The smallest absolute Gasteiger partial charge is 0.280 e. The van der Waals surface area contributed by atoms with Crippen molar-refractivity contribution < 1.29 is 18.0 Å². The Morgan fingerprint density at radius 3 is 2.83 bits per heavy atom. The van der Waals surface area contributed by atoms with Crippen LogP contribution in [0.25, 0.3) is 5.65 Å². The number of anilines is 1. The number of aromatic nitrogens is 5. The van der Waals surface area contributed by atoms with Gasteiger partial charge in [-0.1, -0.05) is 12.1 Å². The normalized spacial score (nSPS) is 11.3. The summed E-state index contributed by atoms with van der Waals surface area (Å²) in [5.41, 5.74) is 0.813. The number of rotatable bonds is 5. The van der Waals surface area contributed by atoms with Crippen molar-refractivity contribution >= 4 is 17.4 Å². The minimum atomic E-state index is -2.76. The number of hydrogen-bond acceptors (Lipinski definition) is 4. The Bertz CT molecular complexity index is 1200. The maximum Gasteiger partial charge on any atom is 0.280 e. The van der Waals surface area contributed by atoms with Crippen molar-refractivity contribution in [1.29, 1.82) is 0 Å². The number of nitrogens with zero attached hydrogens (tertiary/aromatic N) is 5. The summed E-state index contributed by atoms with van der Waals surface area (Å²) in [5.74, 6) is -0.663. The Balaban J connectivity index is 1.55. The molecule has 7 nitrogen and oxygen atoms in total. The van der Waals surface area contributed by atoms with Crippen molar-refractivity contribution in [1.82, 2.24) is 24.4 Å². The quantitative estimate of drug-likeness (QED) is 0.555. The van der Waals surface area contributed by atoms with Gasteiger partial charge in [-0.15, -0.1) is 0 Å². The SMILES string of the molecule is Cc1cc(C(F)F)n2ncc(C(=O)Nc3ccn(Cc4cccc(F)c4)n3)c2n1. The van der Waals surface area contributed by atoms with Crippen molar-refractivity contribution in [2.75, 3.05) is 5.32 Å². The summed E-state index contributed by atoms with van der Waals surface area (Å²) in [6, 6.07) is 8.91. The summed E-state index contributed by atoms with van der Waals surface area (Å²) < 4.78 is 42.2. The van der Waals surface area contributed by atoms with Crippen LogP contribution in [0.2, 0.25) is 0 Å². The Hall–Kier alpha value is -3.69. The highest BCUT2D eigenvalue weighted by molar-refractivity contribution is 6.07. The number of hydrogen-bond donors (Lipinski definition) is 1. The number of nitrogens with one attached hydrogen (secondary N) is 1. The molecule has 3 heterocycles. The van der Waals surface area contributed by atoms with Gasteiger partial charge in [0.05, 0.1) is 12.7 Å². The second-order valence-electron chi connectivity index (χ2n) is 6.40. The Morgan fingerprint density at radius 2 is 2.07 bits per heavy atom. The maximum atomic E-state index is 13.3. The van der Waals surface area contributed by atoms with Gasteiger partial charge in [-0.2, -0.15) is 10.2 Å². The number of alkyl halides is 2. The summed E-state index contributed by atoms with van der Waals surface area (Å²) >= 11 is 0. The minimum Gasteiger partial charge on any atom is -0.305 e. The van der Waals surface area contributed by atoms with E-state index < -0.39 is 12.3 Å². The molecular formula is C19H15F3N6O. The molecule has 0 fully saturated rings. The fourth-order valence-corrected chi connectivity index (χ4v) is 2.95. The first-order chi connectivity index (χ1) is 13.9. The maximum absolute atomic E-state index is 13.3. The summed E-state index contributed by atoms with van der Waals surface area (Å²) in [7, 11) is 0. The van der Waals surface area contributed by atoms with Crippen LogP contribution < -0.4 is 5.32 Å². The highest BCUT2D eigenvalue weighted by atomic mass is 19.3. The van der Waals surface area contributed by atoms with Gasteiger partial charge in [0.1, 0.15) is 17.1 Å². The van der Waals surface area contributed by atoms with E-state index in [2.05, 4.69) is 20.5 Å². The minimum absolute atomic E-state index is 0.0389. The Morgan fingerprint density at radius 1 is 1.24 bits per heavy atom. The summed E-state index contributed by atoms with van der Waals surface area (Å²) in [4.78, 5) is 16.8. The fraction of sp³-hybridized carbons (Fsp3) is 0.158. The molecule has 1 amide bonds. The molecule has 4 rings (SSSR count). The van der Waals surface area contributed by atoms with E-state index in [0.29, 0.717) is 17.8 Å². The number of fused-ring (bicyclic) bond motifs is 1. The van der Waals surface area contributed by atoms with Gasteiger partial charge in [-0.25, -0.2) is 22.7 Å². The molecule has 10 heteroatoms. The lowest BCUT2D eigenvalue weighted by molar-refractivity contribution is 0.102. The first-order valence-electron chi connectivity index (χ1n) is 8.63. The van der Waals surface area contributed by atoms with Crippen molar-refractivity contribution in [3.63, 3.8) is 0 Å². The van der Waals surface area contributed by atoms with E-state index in [0.717, 1.165) is 4.52 Å². The molecule has 0 spiro atoms. The summed E-state index contributed by atoms with van der Waals surface area (Å²) in [6.07, 6.45) is 0.0641. The molecule has 148 valence electrons. The fourth-order valence-electron chi connectivity index (χ4n) is 2.95. The van der Waals surface area contributed by atoms with Crippen LogP contribution in [0.15, 0.2) is 48.8 Å². The van der Waals surface area contributed by atoms with Gasteiger partial charge < -0.3 is 5.32 Å². The van der Waals surface area contributed by atoms with Crippen LogP contribution in [0, 0.1) is 12.7 Å². The van der Waals surface area contributed by atoms with Gasteiger partial charge in [0.2, 0.25) is 0 Å². The number of halogens is 3. The first kappa shape index (κ1) is 18.7. The second-order valence-corrected chi connectivity index (χ2v) is 6.40. The van der Waals surface area contributed by atoms with Crippen LogP contribution in [0.1, 0.15) is 33.7 Å². The lowest BCUT2D eigenvalue weighted by atomic mass is 10.2. The van der Waals surface area contributed by atoms with Gasteiger partial charge in [-0.05, 0) is 30.7 Å². The molecule has 0 unspecified atom stereocenters. The molecule has 0 radical (unpaired) electrons. The van der Waals surface area contributed by atoms with Crippen LogP contribution in [0.4, 0.5) is 19.0 Å². The average Bonchev–Trinajstić information content (AvgIpc) is 3.27. The monoisotopic (exact) mass is 400 g/mol. The van der Waals surface area contributed by atoms with E-state index in [1.165, 1.54) is 29.1 Å². The van der Waals surface area contributed by atoms with Gasteiger partial charge >= 0.3 is 0 Å². The van der Waals surface area contributed by atoms with Crippen LogP contribution in [0.3, 0.4) is 0 Å². The predicted molar refractivity (Wildman–Crippen MR) is 98.4 cm³/mol. The van der Waals surface area contributed by atoms with E-state index in [4.69, 9.17) is 0 Å². The lowest BCUT2D eigenvalue weighted by Crippen LogP contribution is -2.13. The third-order valence-electron chi connectivity index (χ3n) is 4.21. The molecule has 0 saturated heterocycles. The number of amides is 1. The van der Waals surface area contributed by atoms with Gasteiger partial charge in [-0.3, -0.25) is 9.48 Å². The Labute approximate surface area is 162 Å². The Kier molecular flexibility index (Phi) is 4.75. The molecule has 3 aromatic heterocycles. The molecule has 1 aromatic carbocycles. The van der Waals surface area contributed by atoms with Crippen LogP contribution >= 0.6 is 0 Å². The van der Waals surface area contributed by atoms with Crippen LogP contribution in [-0.4, -0.2) is 30.3 Å². The molecule has 29 heavy (non-hydrogen) atoms. The van der Waals surface area contributed by atoms with E-state index in [1.807, 2.05) is 0 Å². The van der Waals surface area contributed by atoms with Crippen molar-refractivity contribution in [2.45, 2.75) is 19.9 Å². The first-order valence-corrected chi connectivity index (χ1v) is 8.63. The number of carbonyl (C=O) groups is 1. The molecular weight excluding hydrogens is 385 g/mol. The molecule has 0 atom stereocenters. The van der Waals surface area contributed by atoms with Crippen LogP contribution in [-0.2, 0) is 6.54 Å². The van der Waals surface area contributed by atoms with Gasteiger partial charge in [0.25, 0.3) is 12.3 Å². The average molecular weight is 400 g/mol. The van der Waals surface area contributed by atoms with Crippen LogP contribution in [0.5, 0.6) is 0 Å². The van der Waals surface area contributed by atoms with Gasteiger partial charge in [0, 0.05) is 18.0 Å². The van der Waals surface area contributed by atoms with Crippen molar-refractivity contribution in [2.24, 2.45) is 0 Å². The molecule has 4 aromatic rings. The van der Waals surface area contributed by atoms with E-state index in [-0.39, 0.29) is 28.5 Å². The largest absolute Gasteiger partial charge is 0.305 e. The standard InChI is InChI=1S/C19H15F3N6O/c1-11-7-15(17(21)22)28-18(24-11)14(9-23-28)19(29)25-16-5-6-27(26-16)10-12-3-2-4-13(20)8-12/h2-9,17H,10H2,1H3,(H,25,26,29). The molecule has 0 bridgehead atoms. The van der Waals surface area contributed by atoms with Gasteiger partial charge in [0.15, 0.2) is 11.5 Å². The lowest BCUT2D eigenvalue weighted by Gasteiger charge is -2.06. The van der Waals surface area contributed by atoms with Crippen molar-refractivity contribution in [3.05, 3.63) is 77.1 Å². The zero-order valence-electron chi connectivity index (χ0n) is 15.2. The number of benzene rings is 1. The number of carbonyl (C=O) groups excluding carboxylic acids is 1. The van der Waals surface area contributed by atoms with E-state index in [1.54, 1.807) is 31.3 Å². The molecule has 0 aliphatic heterocycles. The highest BCUT2D eigenvalue weighted by Crippen LogP contribution is 2.22. The van der Waals surface area contributed by atoms with E-state index >= 15 is 0 Å². The summed E-state index contributed by atoms with van der Waals surface area (Å²) in [6.45, 7) is 1.89. The topological polar surface area (TPSA) is 77.1 Å². The molecule has 0 aliphatic carbocycles. The van der Waals surface area contributed by atoms with E-state index in [9.17, 15) is 18.0 Å². The third-order valence-corrected chi connectivity index (χ3v) is 4.21. The zero-order valence-corrected chi connectivity index (χ0v) is 15.2. The molecule has 0 aliphatic rings. The van der Waals surface area contributed by atoms with Crippen molar-refractivity contribution in [3.8, 4) is 0 Å². The highest BCUT2D eigenvalue weighted by Gasteiger charge is 2.20.